The lowest BCUT2D eigenvalue weighted by Gasteiger charge is -2.08. The summed E-state index contributed by atoms with van der Waals surface area (Å²) in [6.07, 6.45) is 0. The van der Waals surface area contributed by atoms with Crippen molar-refractivity contribution < 1.29 is 22.9 Å². The maximum Gasteiger partial charge on any atom is 0.306 e. The van der Waals surface area contributed by atoms with E-state index in [0.29, 0.717) is 6.07 Å². The van der Waals surface area contributed by atoms with Crippen LogP contribution in [0.1, 0.15) is 0 Å². The second-order valence-corrected chi connectivity index (χ2v) is 4.48. The number of carbonyl (C=O) groups excluding carboxylic acids is 1. The maximum atomic E-state index is 13.2. The van der Waals surface area contributed by atoms with Crippen LogP contribution in [0.15, 0.2) is 36.4 Å². The van der Waals surface area contributed by atoms with Crippen LogP contribution in [-0.2, 0) is 4.79 Å². The summed E-state index contributed by atoms with van der Waals surface area (Å²) in [5.74, 6) is -3.33. The van der Waals surface area contributed by atoms with Gasteiger partial charge in [-0.05, 0) is 24.3 Å². The number of amides is 1. The molecule has 0 bridgehead atoms. The normalized spacial score (nSPS) is 10.2. The third-order valence-corrected chi connectivity index (χ3v) is 2.74. The van der Waals surface area contributed by atoms with Crippen molar-refractivity contribution in [2.45, 2.75) is 0 Å². The minimum atomic E-state index is -1.000. The van der Waals surface area contributed by atoms with Gasteiger partial charge in [0.1, 0.15) is 11.6 Å². The molecule has 0 fully saturated rings. The number of nitro groups is 1. The monoisotopic (exact) mass is 325 g/mol. The first-order valence-corrected chi connectivity index (χ1v) is 6.29. The van der Waals surface area contributed by atoms with E-state index in [-0.39, 0.29) is 17.9 Å². The number of hydrogen-bond donors (Lipinski definition) is 2. The lowest BCUT2D eigenvalue weighted by molar-refractivity contribution is -0.387. The molecular formula is C14H10F3N3O3. The fraction of sp³-hybridized carbons (Fsp3) is 0.0714. The van der Waals surface area contributed by atoms with Gasteiger partial charge in [0.05, 0.1) is 11.5 Å². The Hall–Kier alpha value is -3.10. The van der Waals surface area contributed by atoms with E-state index in [1.165, 1.54) is 6.07 Å². The van der Waals surface area contributed by atoms with Crippen molar-refractivity contribution in [2.24, 2.45) is 0 Å². The molecule has 0 aliphatic heterocycles. The van der Waals surface area contributed by atoms with Gasteiger partial charge in [0, 0.05) is 23.5 Å². The number of rotatable bonds is 5. The second-order valence-electron chi connectivity index (χ2n) is 4.48. The van der Waals surface area contributed by atoms with Gasteiger partial charge in [0.15, 0.2) is 0 Å². The zero-order valence-electron chi connectivity index (χ0n) is 11.5. The molecule has 0 spiro atoms. The smallest absolute Gasteiger partial charge is 0.306 e. The summed E-state index contributed by atoms with van der Waals surface area (Å²) in [4.78, 5) is 21.4. The summed E-state index contributed by atoms with van der Waals surface area (Å²) < 4.78 is 39.1. The lowest BCUT2D eigenvalue weighted by atomic mass is 10.2. The highest BCUT2D eigenvalue weighted by atomic mass is 19.1. The Bertz CT molecular complexity index is 748. The number of carbonyl (C=O) groups is 1. The van der Waals surface area contributed by atoms with Gasteiger partial charge in [-0.3, -0.25) is 14.9 Å². The Balaban J connectivity index is 1.99. The van der Waals surface area contributed by atoms with E-state index < -0.39 is 34.0 Å². The molecule has 23 heavy (non-hydrogen) atoms. The number of anilines is 2. The summed E-state index contributed by atoms with van der Waals surface area (Å²) >= 11 is 0. The van der Waals surface area contributed by atoms with Gasteiger partial charge in [-0.15, -0.1) is 0 Å². The van der Waals surface area contributed by atoms with Gasteiger partial charge in [0.25, 0.3) is 0 Å². The molecule has 9 heteroatoms. The Kier molecular flexibility index (Phi) is 4.79. The molecule has 1 amide bonds. The van der Waals surface area contributed by atoms with E-state index in [9.17, 15) is 28.1 Å². The molecule has 0 aliphatic carbocycles. The zero-order valence-corrected chi connectivity index (χ0v) is 11.5. The number of hydrogen-bond acceptors (Lipinski definition) is 4. The topological polar surface area (TPSA) is 84.3 Å². The Morgan fingerprint density at radius 1 is 1.04 bits per heavy atom. The van der Waals surface area contributed by atoms with E-state index in [1.54, 1.807) is 0 Å². The van der Waals surface area contributed by atoms with Crippen molar-refractivity contribution >= 4 is 23.0 Å². The molecule has 2 aromatic carbocycles. The van der Waals surface area contributed by atoms with Gasteiger partial charge in [-0.1, -0.05) is 0 Å². The highest BCUT2D eigenvalue weighted by Gasteiger charge is 2.14. The number of nitrogens with zero attached hydrogens (tertiary/aromatic N) is 1. The SMILES string of the molecule is O=C(CNc1ccc(F)c([N+](=O)[O-])c1)Nc1cc(F)cc(F)c1. The standard InChI is InChI=1S/C14H10F3N3O3/c15-8-3-9(16)5-11(4-8)19-14(21)7-18-10-1-2-12(17)13(6-10)20(22)23/h1-6,18H,7H2,(H,19,21). The van der Waals surface area contributed by atoms with Crippen LogP contribution in [0.3, 0.4) is 0 Å². The van der Waals surface area contributed by atoms with Crippen LogP contribution in [0.4, 0.5) is 30.2 Å². The van der Waals surface area contributed by atoms with Crippen LogP contribution in [0.2, 0.25) is 0 Å². The minimum Gasteiger partial charge on any atom is -0.376 e. The highest BCUT2D eigenvalue weighted by Crippen LogP contribution is 2.21. The summed E-state index contributed by atoms with van der Waals surface area (Å²) in [5.41, 5.74) is -0.652. The molecule has 2 rings (SSSR count). The van der Waals surface area contributed by atoms with E-state index >= 15 is 0 Å². The molecule has 0 aromatic heterocycles. The van der Waals surface area contributed by atoms with Crippen molar-refractivity contribution in [1.29, 1.82) is 0 Å². The van der Waals surface area contributed by atoms with E-state index in [4.69, 9.17) is 0 Å². The molecule has 0 saturated carbocycles. The lowest BCUT2D eigenvalue weighted by Crippen LogP contribution is -2.22. The van der Waals surface area contributed by atoms with Crippen molar-refractivity contribution in [2.75, 3.05) is 17.2 Å². The molecule has 0 aliphatic rings. The summed E-state index contributed by atoms with van der Waals surface area (Å²) in [6, 6.07) is 5.57. The second kappa shape index (κ2) is 6.77. The van der Waals surface area contributed by atoms with Gasteiger partial charge in [0.2, 0.25) is 11.7 Å². The maximum absolute atomic E-state index is 13.2. The van der Waals surface area contributed by atoms with E-state index in [2.05, 4.69) is 10.6 Å². The molecule has 0 saturated heterocycles. The molecule has 2 aromatic rings. The van der Waals surface area contributed by atoms with Gasteiger partial charge in [-0.2, -0.15) is 4.39 Å². The van der Waals surface area contributed by atoms with Crippen LogP contribution in [0, 0.1) is 27.6 Å². The third-order valence-electron chi connectivity index (χ3n) is 2.74. The Morgan fingerprint density at radius 2 is 1.70 bits per heavy atom. The number of halogens is 3. The molecule has 0 atom stereocenters. The van der Waals surface area contributed by atoms with Crippen LogP contribution in [0.25, 0.3) is 0 Å². The van der Waals surface area contributed by atoms with Crippen molar-refractivity contribution in [3.63, 3.8) is 0 Å². The average molecular weight is 325 g/mol. The fourth-order valence-electron chi connectivity index (χ4n) is 1.78. The predicted molar refractivity (Wildman–Crippen MR) is 76.5 cm³/mol. The first-order valence-electron chi connectivity index (χ1n) is 6.29. The van der Waals surface area contributed by atoms with Gasteiger partial charge >= 0.3 is 5.69 Å². The van der Waals surface area contributed by atoms with Crippen LogP contribution < -0.4 is 10.6 Å². The van der Waals surface area contributed by atoms with E-state index in [1.807, 2.05) is 0 Å². The quantitative estimate of drug-likeness (QED) is 0.653. The highest BCUT2D eigenvalue weighted by molar-refractivity contribution is 5.93. The molecule has 0 heterocycles. The summed E-state index contributed by atoms with van der Waals surface area (Å²) in [5, 5.41) is 15.4. The van der Waals surface area contributed by atoms with Crippen LogP contribution >= 0.6 is 0 Å². The van der Waals surface area contributed by atoms with Gasteiger partial charge in [-0.25, -0.2) is 8.78 Å². The van der Waals surface area contributed by atoms with Crippen molar-refractivity contribution in [1.82, 2.24) is 0 Å². The molecule has 0 unspecified atom stereocenters. The molecule has 120 valence electrons. The first kappa shape index (κ1) is 16.3. The Labute approximate surface area is 128 Å². The summed E-state index contributed by atoms with van der Waals surface area (Å²) in [7, 11) is 0. The molecule has 0 radical (unpaired) electrons. The molecule has 2 N–H and O–H groups in total. The van der Waals surface area contributed by atoms with E-state index in [0.717, 1.165) is 24.3 Å². The van der Waals surface area contributed by atoms with Crippen LogP contribution in [-0.4, -0.2) is 17.4 Å². The zero-order chi connectivity index (χ0) is 17.0. The van der Waals surface area contributed by atoms with Gasteiger partial charge < -0.3 is 10.6 Å². The molecule has 6 nitrogen and oxygen atoms in total. The average Bonchev–Trinajstić information content (AvgIpc) is 2.45. The van der Waals surface area contributed by atoms with Crippen molar-refractivity contribution in [3.05, 3.63) is 64.0 Å². The largest absolute Gasteiger partial charge is 0.376 e. The Morgan fingerprint density at radius 3 is 2.30 bits per heavy atom. The number of nitro benzene ring substituents is 1. The molecular weight excluding hydrogens is 315 g/mol. The fourth-order valence-corrected chi connectivity index (χ4v) is 1.78. The summed E-state index contributed by atoms with van der Waals surface area (Å²) in [6.45, 7) is -0.332. The predicted octanol–water partition coefficient (Wildman–Crippen LogP) is 3.06. The van der Waals surface area contributed by atoms with Crippen LogP contribution in [0.5, 0.6) is 0 Å². The number of benzene rings is 2. The van der Waals surface area contributed by atoms with Crippen molar-refractivity contribution in [3.8, 4) is 0 Å². The first-order chi connectivity index (χ1) is 10.8. The minimum absolute atomic E-state index is 0.0700. The number of nitrogens with one attached hydrogen (secondary N) is 2. The third kappa shape index (κ3) is 4.43.